The number of aryl methyl sites for hydroxylation is 1. The van der Waals surface area contributed by atoms with Crippen LogP contribution in [0.4, 0.5) is 0 Å². The van der Waals surface area contributed by atoms with E-state index >= 15 is 0 Å². The van der Waals surface area contributed by atoms with Crippen LogP contribution in [0.25, 0.3) is 0 Å². The number of hydrogen-bond acceptors (Lipinski definition) is 3. The summed E-state index contributed by atoms with van der Waals surface area (Å²) in [5, 5.41) is 4.96. The smallest absolute Gasteiger partial charge is 0.107 e. The van der Waals surface area contributed by atoms with E-state index in [1.807, 2.05) is 17.5 Å². The lowest BCUT2D eigenvalue weighted by atomic mass is 9.69. The maximum Gasteiger partial charge on any atom is 0.107 e. The highest BCUT2D eigenvalue weighted by Gasteiger charge is 2.31. The molecule has 2 nitrogen and oxygen atoms in total. The number of thiazole rings is 1. The summed E-state index contributed by atoms with van der Waals surface area (Å²) in [4.78, 5) is 5.89. The molecule has 0 atom stereocenters. The molecule has 0 aromatic carbocycles. The molecule has 1 aliphatic carbocycles. The third-order valence-electron chi connectivity index (χ3n) is 5.24. The van der Waals surface area contributed by atoms with E-state index in [4.69, 9.17) is 0 Å². The summed E-state index contributed by atoms with van der Waals surface area (Å²) >= 11 is 1.86. The Bertz CT molecular complexity index is 403. The molecule has 114 valence electrons. The maximum absolute atomic E-state index is 4.49. The van der Waals surface area contributed by atoms with Gasteiger partial charge in [0, 0.05) is 23.7 Å². The predicted octanol–water partition coefficient (Wildman–Crippen LogP) is 4.79. The lowest BCUT2D eigenvalue weighted by molar-refractivity contribution is 0.137. The molecular weight excluding hydrogens is 264 g/mol. The highest BCUT2D eigenvalue weighted by Crippen LogP contribution is 2.40. The van der Waals surface area contributed by atoms with Gasteiger partial charge in [-0.05, 0) is 43.4 Å². The van der Waals surface area contributed by atoms with Crippen molar-refractivity contribution < 1.29 is 0 Å². The van der Waals surface area contributed by atoms with E-state index in [0.717, 1.165) is 18.9 Å². The van der Waals surface area contributed by atoms with Crippen molar-refractivity contribution in [3.05, 3.63) is 16.1 Å². The molecule has 1 aliphatic rings. The maximum atomic E-state index is 4.49. The van der Waals surface area contributed by atoms with Crippen LogP contribution < -0.4 is 5.32 Å². The molecule has 20 heavy (non-hydrogen) atoms. The van der Waals surface area contributed by atoms with Crippen molar-refractivity contribution in [1.82, 2.24) is 10.3 Å². The fraction of sp³-hybridized carbons (Fsp3) is 0.824. The highest BCUT2D eigenvalue weighted by atomic mass is 32.1. The van der Waals surface area contributed by atoms with Crippen molar-refractivity contribution in [2.45, 2.75) is 78.8 Å². The molecule has 2 rings (SSSR count). The largest absolute Gasteiger partial charge is 0.308 e. The Hall–Kier alpha value is -0.410. The summed E-state index contributed by atoms with van der Waals surface area (Å²) in [7, 11) is 0. The van der Waals surface area contributed by atoms with E-state index in [0.29, 0.717) is 11.5 Å². The Morgan fingerprint density at radius 1 is 1.25 bits per heavy atom. The highest BCUT2D eigenvalue weighted by molar-refractivity contribution is 7.11. The van der Waals surface area contributed by atoms with E-state index in [9.17, 15) is 0 Å². The van der Waals surface area contributed by atoms with Gasteiger partial charge in [-0.2, -0.15) is 0 Å². The third kappa shape index (κ3) is 4.05. The second-order valence-corrected chi connectivity index (χ2v) is 8.05. The Morgan fingerprint density at radius 2 is 1.95 bits per heavy atom. The van der Waals surface area contributed by atoms with E-state index in [1.54, 1.807) is 0 Å². The van der Waals surface area contributed by atoms with Crippen LogP contribution in [0.5, 0.6) is 0 Å². The molecule has 0 radical (unpaired) electrons. The van der Waals surface area contributed by atoms with Gasteiger partial charge in [-0.25, -0.2) is 4.98 Å². The first-order valence-corrected chi connectivity index (χ1v) is 9.03. The molecule has 0 amide bonds. The molecule has 1 saturated carbocycles. The van der Waals surface area contributed by atoms with Gasteiger partial charge in [0.1, 0.15) is 5.01 Å². The van der Waals surface area contributed by atoms with Crippen LogP contribution >= 0.6 is 11.3 Å². The first-order valence-electron chi connectivity index (χ1n) is 8.22. The monoisotopic (exact) mass is 294 g/mol. The summed E-state index contributed by atoms with van der Waals surface area (Å²) in [5.41, 5.74) is 0.524. The average molecular weight is 295 g/mol. The van der Waals surface area contributed by atoms with E-state index in [-0.39, 0.29) is 0 Å². The number of hydrogen-bond donors (Lipinski definition) is 1. The van der Waals surface area contributed by atoms with Gasteiger partial charge in [0.25, 0.3) is 0 Å². The van der Waals surface area contributed by atoms with Crippen LogP contribution in [-0.4, -0.2) is 11.0 Å². The third-order valence-corrected chi connectivity index (χ3v) is 6.38. The standard InChI is InChI=1S/C17H30N2S/c1-5-15-11-19-16(20-15)12-18-14-9-7-13(8-10-14)17(3,4)6-2/h11,13-14,18H,5-10,12H2,1-4H3. The average Bonchev–Trinajstić information content (AvgIpc) is 2.93. The van der Waals surface area contributed by atoms with Gasteiger partial charge >= 0.3 is 0 Å². The normalized spacial score (nSPS) is 24.0. The van der Waals surface area contributed by atoms with Crippen molar-refractivity contribution in [3.8, 4) is 0 Å². The fourth-order valence-electron chi connectivity index (χ4n) is 3.19. The van der Waals surface area contributed by atoms with Crippen molar-refractivity contribution in [2.75, 3.05) is 0 Å². The van der Waals surface area contributed by atoms with Crippen LogP contribution in [-0.2, 0) is 13.0 Å². The van der Waals surface area contributed by atoms with Gasteiger partial charge in [-0.1, -0.05) is 34.1 Å². The van der Waals surface area contributed by atoms with Crippen molar-refractivity contribution >= 4 is 11.3 Å². The summed E-state index contributed by atoms with van der Waals surface area (Å²) < 4.78 is 0. The SMILES string of the molecule is CCc1cnc(CNC2CCC(C(C)(C)CC)CC2)s1. The van der Waals surface area contributed by atoms with Gasteiger partial charge in [-0.3, -0.25) is 0 Å². The quantitative estimate of drug-likeness (QED) is 0.816. The summed E-state index contributed by atoms with van der Waals surface area (Å²) in [5.74, 6) is 0.914. The van der Waals surface area contributed by atoms with Crippen LogP contribution in [0.15, 0.2) is 6.20 Å². The van der Waals surface area contributed by atoms with Crippen LogP contribution in [0.1, 0.15) is 69.7 Å². The van der Waals surface area contributed by atoms with Gasteiger partial charge in [0.2, 0.25) is 0 Å². The van der Waals surface area contributed by atoms with Crippen molar-refractivity contribution in [1.29, 1.82) is 0 Å². The zero-order chi connectivity index (χ0) is 14.6. The van der Waals surface area contributed by atoms with Gasteiger partial charge < -0.3 is 5.32 Å². The Balaban J connectivity index is 1.74. The molecule has 1 fully saturated rings. The molecule has 0 saturated heterocycles. The minimum Gasteiger partial charge on any atom is -0.308 e. The second kappa shape index (κ2) is 7.04. The molecule has 3 heteroatoms. The molecule has 0 bridgehead atoms. The van der Waals surface area contributed by atoms with E-state index < -0.39 is 0 Å². The summed E-state index contributed by atoms with van der Waals surface area (Å²) in [6, 6.07) is 0.702. The van der Waals surface area contributed by atoms with E-state index in [2.05, 4.69) is 38.0 Å². The van der Waals surface area contributed by atoms with Crippen LogP contribution in [0, 0.1) is 11.3 Å². The molecule has 0 aliphatic heterocycles. The molecule has 1 aromatic heterocycles. The Labute approximate surface area is 128 Å². The number of aromatic nitrogens is 1. The number of nitrogens with one attached hydrogen (secondary N) is 1. The predicted molar refractivity (Wildman–Crippen MR) is 88.1 cm³/mol. The van der Waals surface area contributed by atoms with Gasteiger partial charge in [-0.15, -0.1) is 11.3 Å². The molecule has 1 aromatic rings. The molecule has 0 unspecified atom stereocenters. The number of nitrogens with zero attached hydrogens (tertiary/aromatic N) is 1. The molecule has 1 N–H and O–H groups in total. The van der Waals surface area contributed by atoms with Gasteiger partial charge in [0.15, 0.2) is 0 Å². The van der Waals surface area contributed by atoms with Crippen LogP contribution in [0.2, 0.25) is 0 Å². The molecule has 1 heterocycles. The zero-order valence-corrected chi connectivity index (χ0v) is 14.4. The minimum atomic E-state index is 0.524. The first kappa shape index (κ1) is 16.0. The summed E-state index contributed by atoms with van der Waals surface area (Å²) in [6.45, 7) is 10.4. The minimum absolute atomic E-state index is 0.524. The van der Waals surface area contributed by atoms with Crippen LogP contribution in [0.3, 0.4) is 0 Å². The van der Waals surface area contributed by atoms with Gasteiger partial charge in [0.05, 0.1) is 0 Å². The topological polar surface area (TPSA) is 24.9 Å². The first-order chi connectivity index (χ1) is 9.55. The molecule has 0 spiro atoms. The second-order valence-electron chi connectivity index (χ2n) is 6.85. The van der Waals surface area contributed by atoms with Crippen molar-refractivity contribution in [3.63, 3.8) is 0 Å². The lowest BCUT2D eigenvalue weighted by Gasteiger charge is -2.39. The zero-order valence-electron chi connectivity index (χ0n) is 13.5. The number of rotatable bonds is 6. The van der Waals surface area contributed by atoms with Crippen molar-refractivity contribution in [2.24, 2.45) is 11.3 Å². The van der Waals surface area contributed by atoms with E-state index in [1.165, 1.54) is 42.0 Å². The Kier molecular flexibility index (Phi) is 5.62. The molecular formula is C17H30N2S. The lowest BCUT2D eigenvalue weighted by Crippen LogP contribution is -2.36. The summed E-state index contributed by atoms with van der Waals surface area (Å²) in [6.07, 6.45) is 9.87. The Morgan fingerprint density at radius 3 is 2.50 bits per heavy atom. The fourth-order valence-corrected chi connectivity index (χ4v) is 4.01.